The molecule has 0 aliphatic rings. The van der Waals surface area contributed by atoms with Gasteiger partial charge in [-0.3, -0.25) is 0 Å². The van der Waals surface area contributed by atoms with E-state index >= 15 is 0 Å². The van der Waals surface area contributed by atoms with Crippen LogP contribution in [0.4, 0.5) is 11.9 Å². The van der Waals surface area contributed by atoms with Crippen LogP contribution < -0.4 is 11.5 Å². The highest BCUT2D eigenvalue weighted by Crippen LogP contribution is 2.23. The van der Waals surface area contributed by atoms with E-state index in [4.69, 9.17) is 39.4 Å². The minimum Gasteiger partial charge on any atom is -0.454 e. The lowest BCUT2D eigenvalue weighted by atomic mass is 10.2. The Bertz CT molecular complexity index is 689. The van der Waals surface area contributed by atoms with Crippen LogP contribution in [0.25, 0.3) is 0 Å². The Labute approximate surface area is 129 Å². The van der Waals surface area contributed by atoms with Gasteiger partial charge in [-0.2, -0.15) is 15.0 Å². The molecule has 4 N–H and O–H groups in total. The van der Waals surface area contributed by atoms with Gasteiger partial charge in [-0.1, -0.05) is 23.2 Å². The van der Waals surface area contributed by atoms with Gasteiger partial charge in [-0.25, -0.2) is 9.78 Å². The first-order chi connectivity index (χ1) is 9.86. The third-order valence-corrected chi connectivity index (χ3v) is 3.07. The number of carbonyl (C=O) groups excluding carboxylic acids is 1. The number of hydrogen-bond acceptors (Lipinski definition) is 8. The highest BCUT2D eigenvalue weighted by Gasteiger charge is 2.15. The summed E-state index contributed by atoms with van der Waals surface area (Å²) in [7, 11) is 0. The maximum Gasteiger partial charge on any atom is 0.340 e. The van der Waals surface area contributed by atoms with Gasteiger partial charge in [0.2, 0.25) is 11.9 Å². The summed E-state index contributed by atoms with van der Waals surface area (Å²) in [6, 6.07) is 1.38. The molecule has 0 spiro atoms. The number of hydrogen-bond donors (Lipinski definition) is 2. The number of aryl methyl sites for hydroxylation is 1. The molecule has 0 saturated heterocycles. The number of aromatic nitrogens is 4. The zero-order valence-electron chi connectivity index (χ0n) is 10.8. The van der Waals surface area contributed by atoms with Crippen molar-refractivity contribution in [3.63, 3.8) is 0 Å². The van der Waals surface area contributed by atoms with E-state index in [2.05, 4.69) is 19.9 Å². The minimum absolute atomic E-state index is 0.0547. The summed E-state index contributed by atoms with van der Waals surface area (Å²) in [6.07, 6.45) is 0. The number of nitrogens with zero attached hydrogens (tertiary/aromatic N) is 4. The smallest absolute Gasteiger partial charge is 0.340 e. The SMILES string of the molecule is Cc1nc(Cl)c(Cl)cc1C(=O)OCc1nc(N)nc(N)n1. The molecule has 0 aromatic carbocycles. The highest BCUT2D eigenvalue weighted by atomic mass is 35.5. The van der Waals surface area contributed by atoms with E-state index in [9.17, 15) is 4.79 Å². The van der Waals surface area contributed by atoms with Crippen LogP contribution in [0.1, 0.15) is 21.9 Å². The topological polar surface area (TPSA) is 130 Å². The molecule has 0 aliphatic carbocycles. The van der Waals surface area contributed by atoms with Gasteiger partial charge in [0.05, 0.1) is 16.3 Å². The summed E-state index contributed by atoms with van der Waals surface area (Å²) in [5.74, 6) is -0.614. The number of rotatable bonds is 3. The van der Waals surface area contributed by atoms with Gasteiger partial charge in [-0.15, -0.1) is 0 Å². The van der Waals surface area contributed by atoms with Gasteiger partial charge in [0.15, 0.2) is 12.4 Å². The summed E-state index contributed by atoms with van der Waals surface area (Å²) < 4.78 is 5.06. The molecule has 0 saturated carbocycles. The largest absolute Gasteiger partial charge is 0.454 e. The maximum atomic E-state index is 12.0. The number of esters is 1. The molecular formula is C11H10Cl2N6O2. The standard InChI is InChI=1S/C11H10Cl2N6O2/c1-4-5(2-6(12)8(13)16-4)9(20)21-3-7-17-10(14)19-11(15)18-7/h2H,3H2,1H3,(H4,14,15,17,18,19). The van der Waals surface area contributed by atoms with Crippen molar-refractivity contribution in [2.75, 3.05) is 11.5 Å². The van der Waals surface area contributed by atoms with E-state index in [0.717, 1.165) is 0 Å². The van der Waals surface area contributed by atoms with Crippen LogP contribution in [0.15, 0.2) is 6.07 Å². The van der Waals surface area contributed by atoms with Gasteiger partial charge < -0.3 is 16.2 Å². The fourth-order valence-corrected chi connectivity index (χ4v) is 1.82. The molecule has 0 unspecified atom stereocenters. The van der Waals surface area contributed by atoms with Crippen molar-refractivity contribution in [3.8, 4) is 0 Å². The number of carbonyl (C=O) groups is 1. The molecule has 0 aliphatic heterocycles. The molecular weight excluding hydrogens is 319 g/mol. The second-order valence-corrected chi connectivity index (χ2v) is 4.70. The van der Waals surface area contributed by atoms with Crippen LogP contribution in [0.2, 0.25) is 10.2 Å². The van der Waals surface area contributed by atoms with Crippen LogP contribution in [0.3, 0.4) is 0 Å². The molecule has 0 fully saturated rings. The fraction of sp³-hybridized carbons (Fsp3) is 0.182. The van der Waals surface area contributed by atoms with Crippen molar-refractivity contribution >= 4 is 41.1 Å². The summed E-state index contributed by atoms with van der Waals surface area (Å²) >= 11 is 11.6. The Morgan fingerprint density at radius 1 is 1.19 bits per heavy atom. The molecule has 2 heterocycles. The Hall–Kier alpha value is -2.19. The quantitative estimate of drug-likeness (QED) is 0.638. The molecule has 2 aromatic heterocycles. The second kappa shape index (κ2) is 6.06. The predicted molar refractivity (Wildman–Crippen MR) is 76.8 cm³/mol. The summed E-state index contributed by atoms with van der Waals surface area (Å²) in [6.45, 7) is 1.40. The number of nitrogens with two attached hydrogens (primary N) is 2. The molecule has 2 aromatic rings. The fourth-order valence-electron chi connectivity index (χ4n) is 1.49. The van der Waals surface area contributed by atoms with Crippen molar-refractivity contribution in [1.82, 2.24) is 19.9 Å². The van der Waals surface area contributed by atoms with Crippen molar-refractivity contribution in [2.24, 2.45) is 0 Å². The van der Waals surface area contributed by atoms with Crippen LogP contribution in [-0.2, 0) is 11.3 Å². The van der Waals surface area contributed by atoms with Gasteiger partial charge in [0.25, 0.3) is 0 Å². The lowest BCUT2D eigenvalue weighted by molar-refractivity contribution is 0.0461. The zero-order chi connectivity index (χ0) is 15.6. The Balaban J connectivity index is 2.13. The Morgan fingerprint density at radius 3 is 2.43 bits per heavy atom. The first-order valence-electron chi connectivity index (χ1n) is 5.62. The average Bonchev–Trinajstić information content (AvgIpc) is 2.39. The van der Waals surface area contributed by atoms with E-state index in [1.807, 2.05) is 0 Å². The van der Waals surface area contributed by atoms with Crippen molar-refractivity contribution in [2.45, 2.75) is 13.5 Å². The molecule has 0 amide bonds. The lowest BCUT2D eigenvalue weighted by Gasteiger charge is -2.07. The third kappa shape index (κ3) is 3.67. The van der Waals surface area contributed by atoms with Gasteiger partial charge in [0, 0.05) is 0 Å². The third-order valence-electron chi connectivity index (χ3n) is 2.39. The summed E-state index contributed by atoms with van der Waals surface area (Å²) in [4.78, 5) is 27.1. The number of ether oxygens (including phenoxy) is 1. The molecule has 10 heteroatoms. The minimum atomic E-state index is -0.642. The van der Waals surface area contributed by atoms with E-state index in [1.54, 1.807) is 6.92 Å². The number of nitrogen functional groups attached to an aromatic ring is 2. The zero-order valence-corrected chi connectivity index (χ0v) is 12.3. The Morgan fingerprint density at radius 2 is 1.81 bits per heavy atom. The van der Waals surface area contributed by atoms with Gasteiger partial charge in [-0.05, 0) is 13.0 Å². The predicted octanol–water partition coefficient (Wildman–Crippen LogP) is 1.40. The van der Waals surface area contributed by atoms with Crippen LogP contribution in [0, 0.1) is 6.92 Å². The number of pyridine rings is 1. The van der Waals surface area contributed by atoms with Gasteiger partial charge >= 0.3 is 5.97 Å². The molecule has 21 heavy (non-hydrogen) atoms. The maximum absolute atomic E-state index is 12.0. The van der Waals surface area contributed by atoms with Gasteiger partial charge in [0.1, 0.15) is 5.15 Å². The molecule has 8 nitrogen and oxygen atoms in total. The second-order valence-electron chi connectivity index (χ2n) is 3.94. The highest BCUT2D eigenvalue weighted by molar-refractivity contribution is 6.41. The van der Waals surface area contributed by atoms with Crippen molar-refractivity contribution in [1.29, 1.82) is 0 Å². The summed E-state index contributed by atoms with van der Waals surface area (Å²) in [5, 5.41) is 0.270. The molecule has 110 valence electrons. The van der Waals surface area contributed by atoms with E-state index < -0.39 is 5.97 Å². The first kappa shape index (κ1) is 15.2. The first-order valence-corrected chi connectivity index (χ1v) is 6.38. The van der Waals surface area contributed by atoms with E-state index in [0.29, 0.717) is 5.69 Å². The average molecular weight is 329 g/mol. The van der Waals surface area contributed by atoms with Crippen LogP contribution in [0.5, 0.6) is 0 Å². The van der Waals surface area contributed by atoms with E-state index in [-0.39, 0.29) is 40.1 Å². The molecule has 0 bridgehead atoms. The van der Waals surface area contributed by atoms with Crippen LogP contribution >= 0.6 is 23.2 Å². The molecule has 0 radical (unpaired) electrons. The lowest BCUT2D eigenvalue weighted by Crippen LogP contribution is -2.12. The van der Waals surface area contributed by atoms with Crippen LogP contribution in [-0.4, -0.2) is 25.9 Å². The number of halogens is 2. The monoisotopic (exact) mass is 328 g/mol. The summed E-state index contributed by atoms with van der Waals surface area (Å²) in [5.41, 5.74) is 11.4. The molecule has 2 rings (SSSR count). The van der Waals surface area contributed by atoms with Crippen molar-refractivity contribution in [3.05, 3.63) is 33.3 Å². The number of anilines is 2. The van der Waals surface area contributed by atoms with Crippen molar-refractivity contribution < 1.29 is 9.53 Å². The Kier molecular flexibility index (Phi) is 4.39. The molecule has 0 atom stereocenters. The van der Waals surface area contributed by atoms with E-state index in [1.165, 1.54) is 6.07 Å². The normalized spacial score (nSPS) is 10.4.